The highest BCUT2D eigenvalue weighted by Gasteiger charge is 2.10. The summed E-state index contributed by atoms with van der Waals surface area (Å²) in [5.74, 6) is 1.01. The molecule has 0 bridgehead atoms. The van der Waals surface area contributed by atoms with Gasteiger partial charge in [-0.3, -0.25) is 0 Å². The van der Waals surface area contributed by atoms with E-state index in [1.54, 1.807) is 0 Å². The summed E-state index contributed by atoms with van der Waals surface area (Å²) in [5, 5.41) is 19.5. The van der Waals surface area contributed by atoms with Gasteiger partial charge in [0.1, 0.15) is 28.2 Å². The molecule has 28 heavy (non-hydrogen) atoms. The van der Waals surface area contributed by atoms with Crippen LogP contribution in [0.5, 0.6) is 11.5 Å². The number of phenols is 1. The predicted octanol–water partition coefficient (Wildman–Crippen LogP) is 5.82. The predicted molar refractivity (Wildman–Crippen MR) is 113 cm³/mol. The minimum absolute atomic E-state index is 0.214. The van der Waals surface area contributed by atoms with Crippen LogP contribution in [0.15, 0.2) is 36.4 Å². The zero-order chi connectivity index (χ0) is 19.8. The third kappa shape index (κ3) is 5.24. The molecule has 1 aromatic heterocycles. The zero-order valence-electron chi connectivity index (χ0n) is 17.0. The Hall–Kier alpha value is -2.56. The first kappa shape index (κ1) is 20.2. The lowest BCUT2D eigenvalue weighted by atomic mass is 10.0. The molecule has 0 aliphatic heterocycles. The van der Waals surface area contributed by atoms with E-state index in [4.69, 9.17) is 4.74 Å². The summed E-state index contributed by atoms with van der Waals surface area (Å²) in [7, 11) is 0. The molecule has 5 heteroatoms. The smallest absolute Gasteiger partial charge is 0.143 e. The zero-order valence-corrected chi connectivity index (χ0v) is 17.0. The number of aryl methyl sites for hydroxylation is 1. The molecule has 0 spiro atoms. The van der Waals surface area contributed by atoms with Gasteiger partial charge in [0, 0.05) is 6.07 Å². The normalized spacial score (nSPS) is 11.2. The average Bonchev–Trinajstić information content (AvgIpc) is 3.12. The molecular formula is C23H31N3O2. The summed E-state index contributed by atoms with van der Waals surface area (Å²) in [4.78, 5) is 1.50. The van der Waals surface area contributed by atoms with E-state index in [9.17, 15) is 5.11 Å². The van der Waals surface area contributed by atoms with Gasteiger partial charge in [0.2, 0.25) is 0 Å². The second-order valence-electron chi connectivity index (χ2n) is 7.33. The van der Waals surface area contributed by atoms with Crippen LogP contribution in [0, 0.1) is 0 Å². The number of hydrogen-bond donors (Lipinski definition) is 1. The van der Waals surface area contributed by atoms with Gasteiger partial charge in [0.15, 0.2) is 0 Å². The van der Waals surface area contributed by atoms with Gasteiger partial charge in [-0.15, -0.1) is 15.0 Å². The van der Waals surface area contributed by atoms with Gasteiger partial charge in [-0.25, -0.2) is 0 Å². The number of hydrogen-bond acceptors (Lipinski definition) is 4. The van der Waals surface area contributed by atoms with Crippen LogP contribution in [0.2, 0.25) is 0 Å². The molecule has 0 radical (unpaired) electrons. The van der Waals surface area contributed by atoms with Crippen molar-refractivity contribution < 1.29 is 9.84 Å². The van der Waals surface area contributed by atoms with Crippen LogP contribution in [-0.2, 0) is 6.42 Å². The van der Waals surface area contributed by atoms with Crippen molar-refractivity contribution in [3.63, 3.8) is 0 Å². The Kier molecular flexibility index (Phi) is 7.29. The number of unbranched alkanes of at least 4 members (excludes halogenated alkanes) is 5. The molecule has 0 saturated carbocycles. The van der Waals surface area contributed by atoms with Crippen molar-refractivity contribution in [2.75, 3.05) is 6.61 Å². The fraction of sp³-hybridized carbons (Fsp3) is 0.478. The van der Waals surface area contributed by atoms with E-state index in [0.717, 1.165) is 41.6 Å². The maximum atomic E-state index is 10.5. The Balaban J connectivity index is 1.66. The third-order valence-electron chi connectivity index (χ3n) is 4.90. The first-order valence-corrected chi connectivity index (χ1v) is 10.5. The van der Waals surface area contributed by atoms with Crippen molar-refractivity contribution in [3.05, 3.63) is 42.0 Å². The second-order valence-corrected chi connectivity index (χ2v) is 7.33. The molecule has 0 saturated heterocycles. The summed E-state index contributed by atoms with van der Waals surface area (Å²) in [5.41, 5.74) is 3.28. The van der Waals surface area contributed by atoms with Crippen LogP contribution in [0.25, 0.3) is 16.7 Å². The standard InChI is InChI=1S/C23H31N3O2/c1-3-5-6-7-8-9-10-18-11-14-22(23(27)16-18)26-24-20-13-12-19(28-15-4-2)17-21(20)25-26/h11-14,16-17,27H,3-10,15H2,1-2H3. The van der Waals surface area contributed by atoms with Crippen molar-refractivity contribution in [2.45, 2.75) is 65.2 Å². The molecule has 3 aromatic rings. The van der Waals surface area contributed by atoms with Crippen molar-refractivity contribution in [3.8, 4) is 17.2 Å². The van der Waals surface area contributed by atoms with Gasteiger partial charge in [-0.05, 0) is 49.1 Å². The van der Waals surface area contributed by atoms with Crippen LogP contribution >= 0.6 is 0 Å². The van der Waals surface area contributed by atoms with Crippen LogP contribution in [0.4, 0.5) is 0 Å². The van der Waals surface area contributed by atoms with E-state index in [1.165, 1.54) is 36.9 Å². The van der Waals surface area contributed by atoms with Crippen molar-refractivity contribution in [1.29, 1.82) is 0 Å². The number of aromatic hydroxyl groups is 1. The van der Waals surface area contributed by atoms with Gasteiger partial charge in [0.25, 0.3) is 0 Å². The number of nitrogens with zero attached hydrogens (tertiary/aromatic N) is 3. The highest BCUT2D eigenvalue weighted by atomic mass is 16.5. The largest absolute Gasteiger partial charge is 0.506 e. The molecule has 0 aliphatic rings. The summed E-state index contributed by atoms with van der Waals surface area (Å²) in [6, 6.07) is 11.5. The Labute approximate surface area is 167 Å². The minimum Gasteiger partial charge on any atom is -0.506 e. The summed E-state index contributed by atoms with van der Waals surface area (Å²) < 4.78 is 5.66. The van der Waals surface area contributed by atoms with Crippen LogP contribution in [0.3, 0.4) is 0 Å². The number of phenolic OH excluding ortho intramolecular Hbond substituents is 1. The molecule has 1 N–H and O–H groups in total. The molecule has 0 aliphatic carbocycles. The van der Waals surface area contributed by atoms with Crippen molar-refractivity contribution in [2.24, 2.45) is 0 Å². The van der Waals surface area contributed by atoms with Gasteiger partial charge >= 0.3 is 0 Å². The van der Waals surface area contributed by atoms with E-state index in [0.29, 0.717) is 12.3 Å². The maximum Gasteiger partial charge on any atom is 0.143 e. The second kappa shape index (κ2) is 10.1. The molecule has 150 valence electrons. The molecule has 5 nitrogen and oxygen atoms in total. The van der Waals surface area contributed by atoms with Gasteiger partial charge in [-0.2, -0.15) is 0 Å². The number of fused-ring (bicyclic) bond motifs is 1. The lowest BCUT2D eigenvalue weighted by molar-refractivity contribution is 0.318. The number of aromatic nitrogens is 3. The molecule has 0 amide bonds. The molecule has 1 heterocycles. The third-order valence-corrected chi connectivity index (χ3v) is 4.90. The average molecular weight is 382 g/mol. The van der Waals surface area contributed by atoms with Crippen LogP contribution in [-0.4, -0.2) is 26.7 Å². The Morgan fingerprint density at radius 1 is 0.857 bits per heavy atom. The van der Waals surface area contributed by atoms with E-state index < -0.39 is 0 Å². The van der Waals surface area contributed by atoms with E-state index in [-0.39, 0.29) is 5.75 Å². The Morgan fingerprint density at radius 2 is 1.64 bits per heavy atom. The van der Waals surface area contributed by atoms with Gasteiger partial charge < -0.3 is 9.84 Å². The molecular weight excluding hydrogens is 350 g/mol. The summed E-state index contributed by atoms with van der Waals surface area (Å²) in [6.45, 7) is 5.00. The van der Waals surface area contributed by atoms with Gasteiger partial charge in [-0.1, -0.05) is 52.0 Å². The van der Waals surface area contributed by atoms with Crippen LogP contribution in [0.1, 0.15) is 64.4 Å². The quantitative estimate of drug-likeness (QED) is 0.425. The monoisotopic (exact) mass is 381 g/mol. The fourth-order valence-corrected chi connectivity index (χ4v) is 3.31. The molecule has 0 unspecified atom stereocenters. The fourth-order valence-electron chi connectivity index (χ4n) is 3.31. The summed E-state index contributed by atoms with van der Waals surface area (Å²) >= 11 is 0. The van der Waals surface area contributed by atoms with Crippen LogP contribution < -0.4 is 4.74 Å². The molecule has 0 fully saturated rings. The Morgan fingerprint density at radius 3 is 2.43 bits per heavy atom. The molecule has 3 rings (SSSR count). The van der Waals surface area contributed by atoms with E-state index >= 15 is 0 Å². The van der Waals surface area contributed by atoms with Crippen molar-refractivity contribution >= 4 is 11.0 Å². The molecule has 0 atom stereocenters. The lowest BCUT2D eigenvalue weighted by Gasteiger charge is -2.06. The highest BCUT2D eigenvalue weighted by molar-refractivity contribution is 5.75. The minimum atomic E-state index is 0.214. The maximum absolute atomic E-state index is 10.5. The molecule has 2 aromatic carbocycles. The Bertz CT molecular complexity index is 889. The van der Waals surface area contributed by atoms with Crippen molar-refractivity contribution in [1.82, 2.24) is 15.0 Å². The number of ether oxygens (including phenoxy) is 1. The SMILES string of the molecule is CCCCCCCCc1ccc(-n2nc3ccc(OCCC)cc3n2)c(O)c1. The topological polar surface area (TPSA) is 60.2 Å². The van der Waals surface area contributed by atoms with Gasteiger partial charge in [0.05, 0.1) is 6.61 Å². The lowest BCUT2D eigenvalue weighted by Crippen LogP contribution is -1.99. The highest BCUT2D eigenvalue weighted by Crippen LogP contribution is 2.25. The summed E-state index contributed by atoms with van der Waals surface area (Å²) in [6.07, 6.45) is 9.59. The van der Waals surface area contributed by atoms with E-state index in [1.807, 2.05) is 30.3 Å². The number of rotatable bonds is 11. The first-order chi connectivity index (χ1) is 13.7. The number of benzene rings is 2. The van der Waals surface area contributed by atoms with E-state index in [2.05, 4.69) is 30.1 Å². The first-order valence-electron chi connectivity index (χ1n) is 10.5.